The molecule has 0 aliphatic heterocycles. The summed E-state index contributed by atoms with van der Waals surface area (Å²) in [6.45, 7) is 0. The van der Waals surface area contributed by atoms with Gasteiger partial charge in [0.05, 0.1) is 23.9 Å². The van der Waals surface area contributed by atoms with E-state index in [4.69, 9.17) is 5.26 Å². The fourth-order valence-electron chi connectivity index (χ4n) is 1.50. The van der Waals surface area contributed by atoms with Gasteiger partial charge >= 0.3 is 0 Å². The first-order valence-corrected chi connectivity index (χ1v) is 4.99. The Morgan fingerprint density at radius 3 is 2.53 bits per heavy atom. The second-order valence-corrected chi connectivity index (χ2v) is 3.44. The molecule has 2 aromatic rings. The summed E-state index contributed by atoms with van der Waals surface area (Å²) in [4.78, 5) is 3.96. The average molecular weight is 230 g/mol. The maximum absolute atomic E-state index is 13.5. The summed E-state index contributed by atoms with van der Waals surface area (Å²) in [6.07, 6.45) is -0.131. The third-order valence-electron chi connectivity index (χ3n) is 2.31. The lowest BCUT2D eigenvalue weighted by molar-refractivity contribution is 0.605. The molecule has 0 radical (unpaired) electrons. The first kappa shape index (κ1) is 11.2. The molecule has 0 aliphatic carbocycles. The van der Waals surface area contributed by atoms with Crippen LogP contribution < -0.4 is 0 Å². The van der Waals surface area contributed by atoms with E-state index >= 15 is 0 Å². The fraction of sp³-hybridized carbons (Fsp3) is 0.0769. The molecule has 0 unspecified atom stereocenters. The first-order chi connectivity index (χ1) is 8.22. The minimum atomic E-state index is -0.549. The maximum Gasteiger partial charge on any atom is 0.145 e. The van der Waals surface area contributed by atoms with Crippen LogP contribution in [-0.4, -0.2) is 4.98 Å². The summed E-state index contributed by atoms with van der Waals surface area (Å²) in [5.41, 5.74) is 0.662. The van der Waals surface area contributed by atoms with Crippen LogP contribution in [0.15, 0.2) is 36.4 Å². The third kappa shape index (κ3) is 2.28. The summed E-state index contributed by atoms with van der Waals surface area (Å²) in [6, 6.07) is 10.5. The standard InChI is InChI=1S/C13H8F2N2/c14-10-4-2-1-3-9(10)12-6-5-11(15)13(17-12)7-8-16/h1-6H,7H2. The van der Waals surface area contributed by atoms with E-state index < -0.39 is 11.6 Å². The van der Waals surface area contributed by atoms with Gasteiger partial charge in [-0.3, -0.25) is 0 Å². The second kappa shape index (κ2) is 4.71. The number of benzene rings is 1. The summed E-state index contributed by atoms with van der Waals surface area (Å²) in [5.74, 6) is -0.971. The van der Waals surface area contributed by atoms with Crippen molar-refractivity contribution < 1.29 is 8.78 Å². The lowest BCUT2D eigenvalue weighted by Crippen LogP contribution is -1.97. The van der Waals surface area contributed by atoms with Crippen LogP contribution in [0.5, 0.6) is 0 Å². The predicted octanol–water partition coefficient (Wildman–Crippen LogP) is 3.09. The van der Waals surface area contributed by atoms with Crippen molar-refractivity contribution in [2.24, 2.45) is 0 Å². The highest BCUT2D eigenvalue weighted by Gasteiger charge is 2.09. The molecule has 0 amide bonds. The van der Waals surface area contributed by atoms with Crippen LogP contribution in [0.25, 0.3) is 11.3 Å². The predicted molar refractivity (Wildman–Crippen MR) is 58.9 cm³/mol. The molecule has 0 spiro atoms. The Hall–Kier alpha value is -2.28. The fourth-order valence-corrected chi connectivity index (χ4v) is 1.50. The van der Waals surface area contributed by atoms with E-state index in [1.807, 2.05) is 6.07 Å². The number of hydrogen-bond donors (Lipinski definition) is 0. The van der Waals surface area contributed by atoms with Gasteiger partial charge in [-0.15, -0.1) is 0 Å². The molecule has 2 rings (SSSR count). The Morgan fingerprint density at radius 2 is 1.82 bits per heavy atom. The molecule has 1 aromatic heterocycles. The summed E-state index contributed by atoms with van der Waals surface area (Å²) in [7, 11) is 0. The van der Waals surface area contributed by atoms with Crippen molar-refractivity contribution in [2.75, 3.05) is 0 Å². The second-order valence-electron chi connectivity index (χ2n) is 3.44. The Labute approximate surface area is 97.2 Å². The van der Waals surface area contributed by atoms with E-state index in [0.717, 1.165) is 0 Å². The molecule has 0 fully saturated rings. The summed E-state index contributed by atoms with van der Waals surface area (Å²) < 4.78 is 26.8. The molecule has 0 saturated carbocycles. The highest BCUT2D eigenvalue weighted by molar-refractivity contribution is 5.59. The van der Waals surface area contributed by atoms with Crippen molar-refractivity contribution in [3.63, 3.8) is 0 Å². The minimum absolute atomic E-state index is 0.0354. The number of nitrogens with zero attached hydrogens (tertiary/aromatic N) is 2. The lowest BCUT2D eigenvalue weighted by atomic mass is 10.1. The quantitative estimate of drug-likeness (QED) is 0.794. The molecule has 0 aliphatic rings. The molecule has 0 atom stereocenters. The highest BCUT2D eigenvalue weighted by atomic mass is 19.1. The van der Waals surface area contributed by atoms with Crippen LogP contribution in [0.4, 0.5) is 8.78 Å². The van der Waals surface area contributed by atoms with Crippen LogP contribution in [0, 0.1) is 23.0 Å². The van der Waals surface area contributed by atoms with Gasteiger partial charge in [-0.2, -0.15) is 5.26 Å². The van der Waals surface area contributed by atoms with Crippen LogP contribution in [0.2, 0.25) is 0 Å². The van der Waals surface area contributed by atoms with Crippen LogP contribution in [0.1, 0.15) is 5.69 Å². The largest absolute Gasteiger partial charge is 0.249 e. The zero-order valence-electron chi connectivity index (χ0n) is 8.82. The van der Waals surface area contributed by atoms with Crippen LogP contribution >= 0.6 is 0 Å². The molecule has 17 heavy (non-hydrogen) atoms. The Kier molecular flexibility index (Phi) is 3.10. The van der Waals surface area contributed by atoms with Gasteiger partial charge < -0.3 is 0 Å². The topological polar surface area (TPSA) is 36.7 Å². The van der Waals surface area contributed by atoms with Gasteiger partial charge in [-0.25, -0.2) is 13.8 Å². The first-order valence-electron chi connectivity index (χ1n) is 4.99. The van der Waals surface area contributed by atoms with E-state index in [0.29, 0.717) is 11.3 Å². The molecular formula is C13H8F2N2. The molecule has 1 heterocycles. The number of rotatable bonds is 2. The van der Waals surface area contributed by atoms with Gasteiger partial charge in [0.25, 0.3) is 0 Å². The van der Waals surface area contributed by atoms with Crippen molar-refractivity contribution in [1.29, 1.82) is 5.26 Å². The monoisotopic (exact) mass is 230 g/mol. The lowest BCUT2D eigenvalue weighted by Gasteiger charge is -2.04. The summed E-state index contributed by atoms with van der Waals surface area (Å²) in [5, 5.41) is 8.53. The molecule has 1 aromatic carbocycles. The third-order valence-corrected chi connectivity index (χ3v) is 2.31. The number of nitriles is 1. The van der Waals surface area contributed by atoms with Crippen molar-refractivity contribution >= 4 is 0 Å². The molecule has 0 N–H and O–H groups in total. The molecule has 2 nitrogen and oxygen atoms in total. The van der Waals surface area contributed by atoms with Gasteiger partial charge in [0.2, 0.25) is 0 Å². The van der Waals surface area contributed by atoms with E-state index in [9.17, 15) is 8.78 Å². The van der Waals surface area contributed by atoms with Crippen LogP contribution in [-0.2, 0) is 6.42 Å². The van der Waals surface area contributed by atoms with E-state index in [2.05, 4.69) is 4.98 Å². The zero-order valence-corrected chi connectivity index (χ0v) is 8.82. The summed E-state index contributed by atoms with van der Waals surface area (Å²) >= 11 is 0. The Bertz CT molecular complexity index is 588. The minimum Gasteiger partial charge on any atom is -0.249 e. The molecule has 0 bridgehead atoms. The SMILES string of the molecule is N#CCc1nc(-c2ccccc2F)ccc1F. The highest BCUT2D eigenvalue weighted by Crippen LogP contribution is 2.21. The normalized spacial score (nSPS) is 9.94. The Morgan fingerprint density at radius 1 is 1.06 bits per heavy atom. The van der Waals surface area contributed by atoms with Gasteiger partial charge in [0.15, 0.2) is 0 Å². The van der Waals surface area contributed by atoms with Crippen molar-refractivity contribution in [2.45, 2.75) is 6.42 Å². The maximum atomic E-state index is 13.5. The number of pyridine rings is 1. The molecular weight excluding hydrogens is 222 g/mol. The average Bonchev–Trinajstić information content (AvgIpc) is 2.33. The molecule has 84 valence electrons. The van der Waals surface area contributed by atoms with E-state index in [1.54, 1.807) is 18.2 Å². The number of hydrogen-bond acceptors (Lipinski definition) is 2. The van der Waals surface area contributed by atoms with Crippen molar-refractivity contribution in [3.05, 3.63) is 53.7 Å². The van der Waals surface area contributed by atoms with Crippen LogP contribution in [0.3, 0.4) is 0 Å². The smallest absolute Gasteiger partial charge is 0.145 e. The number of halogens is 2. The van der Waals surface area contributed by atoms with Gasteiger partial charge in [-0.1, -0.05) is 12.1 Å². The van der Waals surface area contributed by atoms with Gasteiger partial charge in [0.1, 0.15) is 11.6 Å². The van der Waals surface area contributed by atoms with E-state index in [1.165, 1.54) is 18.2 Å². The molecule has 0 saturated heterocycles. The number of aromatic nitrogens is 1. The van der Waals surface area contributed by atoms with Crippen molar-refractivity contribution in [1.82, 2.24) is 4.98 Å². The Balaban J connectivity index is 2.51. The van der Waals surface area contributed by atoms with Crippen molar-refractivity contribution in [3.8, 4) is 17.3 Å². The van der Waals surface area contributed by atoms with E-state index in [-0.39, 0.29) is 12.1 Å². The van der Waals surface area contributed by atoms with Gasteiger partial charge in [0, 0.05) is 5.56 Å². The van der Waals surface area contributed by atoms with Gasteiger partial charge in [-0.05, 0) is 24.3 Å². The zero-order chi connectivity index (χ0) is 12.3. The molecule has 4 heteroatoms.